The average Bonchev–Trinajstić information content (AvgIpc) is 2.74. The number of amides is 1. The summed E-state index contributed by atoms with van der Waals surface area (Å²) in [4.78, 5) is 23.0. The molecule has 1 amide bonds. The van der Waals surface area contributed by atoms with E-state index in [1.165, 1.54) is 0 Å². The second-order valence-electron chi connectivity index (χ2n) is 6.56. The van der Waals surface area contributed by atoms with Crippen LogP contribution in [0.1, 0.15) is 45.5 Å². The summed E-state index contributed by atoms with van der Waals surface area (Å²) < 4.78 is 6.84. The van der Waals surface area contributed by atoms with Crippen LogP contribution < -0.4 is 5.32 Å². The van der Waals surface area contributed by atoms with Gasteiger partial charge in [-0.2, -0.15) is 16.9 Å². The number of halogens is 1. The molecule has 7 nitrogen and oxygen atoms in total. The second kappa shape index (κ2) is 9.33. The minimum atomic E-state index is -1.08. The lowest BCUT2D eigenvalue weighted by Gasteiger charge is -2.21. The molecule has 1 aromatic rings. The molecule has 0 aliphatic rings. The molecule has 2 N–H and O–H groups in total. The third-order valence-electron chi connectivity index (χ3n) is 3.28. The SMILES string of the molecule is CCc1nn(C)c(CSCCC(NC(=O)OC(C)(C)C)C(=O)O)c1Cl. The highest BCUT2D eigenvalue weighted by Crippen LogP contribution is 2.25. The van der Waals surface area contributed by atoms with E-state index in [-0.39, 0.29) is 6.42 Å². The number of rotatable bonds is 8. The number of carbonyl (C=O) groups is 2. The number of hydrogen-bond acceptors (Lipinski definition) is 5. The molecule has 1 unspecified atom stereocenters. The first-order valence-corrected chi connectivity index (χ1v) is 9.58. The Balaban J connectivity index is 2.50. The van der Waals surface area contributed by atoms with Crippen molar-refractivity contribution in [2.24, 2.45) is 7.05 Å². The summed E-state index contributed by atoms with van der Waals surface area (Å²) in [6.45, 7) is 7.16. The largest absolute Gasteiger partial charge is 0.480 e. The van der Waals surface area contributed by atoms with E-state index in [0.29, 0.717) is 16.5 Å². The molecular weight excluding hydrogens is 366 g/mol. The Morgan fingerprint density at radius 1 is 1.44 bits per heavy atom. The van der Waals surface area contributed by atoms with Crippen molar-refractivity contribution < 1.29 is 19.4 Å². The number of ether oxygens (including phenoxy) is 1. The molecule has 0 aromatic carbocycles. The monoisotopic (exact) mass is 391 g/mol. The van der Waals surface area contributed by atoms with Crippen LogP contribution in [-0.4, -0.2) is 44.3 Å². The van der Waals surface area contributed by atoms with E-state index in [9.17, 15) is 14.7 Å². The summed E-state index contributed by atoms with van der Waals surface area (Å²) >= 11 is 7.83. The molecule has 0 fully saturated rings. The van der Waals surface area contributed by atoms with Gasteiger partial charge >= 0.3 is 12.1 Å². The lowest BCUT2D eigenvalue weighted by Crippen LogP contribution is -2.43. The van der Waals surface area contributed by atoms with Crippen LogP contribution in [0.5, 0.6) is 0 Å². The number of carboxylic acid groups (broad SMARTS) is 1. The summed E-state index contributed by atoms with van der Waals surface area (Å²) in [6.07, 6.45) is 0.320. The smallest absolute Gasteiger partial charge is 0.408 e. The van der Waals surface area contributed by atoms with Gasteiger partial charge in [-0.05, 0) is 39.4 Å². The summed E-state index contributed by atoms with van der Waals surface area (Å²) in [5.41, 5.74) is 1.10. The lowest BCUT2D eigenvalue weighted by molar-refractivity contribution is -0.139. The lowest BCUT2D eigenvalue weighted by atomic mass is 10.2. The molecule has 1 heterocycles. The summed E-state index contributed by atoms with van der Waals surface area (Å²) in [5, 5.41) is 16.6. The molecule has 0 aliphatic carbocycles. The van der Waals surface area contributed by atoms with Gasteiger partial charge in [0.15, 0.2) is 0 Å². The van der Waals surface area contributed by atoms with E-state index in [1.54, 1.807) is 37.2 Å². The molecule has 25 heavy (non-hydrogen) atoms. The zero-order valence-electron chi connectivity index (χ0n) is 15.3. The van der Waals surface area contributed by atoms with Crippen molar-refractivity contribution in [2.45, 2.75) is 57.9 Å². The second-order valence-corrected chi connectivity index (χ2v) is 8.05. The quantitative estimate of drug-likeness (QED) is 0.661. The number of hydrogen-bond donors (Lipinski definition) is 2. The number of aliphatic carboxylic acids is 1. The third-order valence-corrected chi connectivity index (χ3v) is 4.72. The Morgan fingerprint density at radius 3 is 2.56 bits per heavy atom. The number of carbonyl (C=O) groups excluding carboxylic acids is 1. The highest BCUT2D eigenvalue weighted by Gasteiger charge is 2.23. The summed E-state index contributed by atoms with van der Waals surface area (Å²) in [7, 11) is 1.84. The van der Waals surface area contributed by atoms with Crippen LogP contribution in [0.3, 0.4) is 0 Å². The Bertz CT molecular complexity index is 613. The molecule has 0 spiro atoms. The fourth-order valence-corrected chi connectivity index (χ4v) is 3.56. The first-order chi connectivity index (χ1) is 11.5. The number of aromatic nitrogens is 2. The number of alkyl carbamates (subject to hydrolysis) is 1. The van der Waals surface area contributed by atoms with Crippen molar-refractivity contribution in [3.05, 3.63) is 16.4 Å². The van der Waals surface area contributed by atoms with E-state index in [1.807, 2.05) is 14.0 Å². The number of thioether (sulfide) groups is 1. The zero-order chi connectivity index (χ0) is 19.2. The van der Waals surface area contributed by atoms with Gasteiger partial charge in [0, 0.05) is 12.8 Å². The highest BCUT2D eigenvalue weighted by molar-refractivity contribution is 7.98. The van der Waals surface area contributed by atoms with Crippen LogP contribution in [0.2, 0.25) is 5.02 Å². The maximum Gasteiger partial charge on any atom is 0.408 e. The topological polar surface area (TPSA) is 93.5 Å². The number of aryl methyl sites for hydroxylation is 2. The molecule has 0 saturated carbocycles. The third kappa shape index (κ3) is 7.15. The maximum absolute atomic E-state index is 11.7. The summed E-state index contributed by atoms with van der Waals surface area (Å²) in [5.74, 6) is 0.0925. The molecule has 0 radical (unpaired) electrons. The molecule has 0 bridgehead atoms. The zero-order valence-corrected chi connectivity index (χ0v) is 16.8. The molecule has 0 saturated heterocycles. The van der Waals surface area contributed by atoms with Gasteiger partial charge < -0.3 is 15.2 Å². The van der Waals surface area contributed by atoms with Gasteiger partial charge in [0.05, 0.1) is 16.4 Å². The molecule has 9 heteroatoms. The van der Waals surface area contributed by atoms with E-state index in [0.717, 1.165) is 17.8 Å². The first-order valence-electron chi connectivity index (χ1n) is 8.05. The van der Waals surface area contributed by atoms with Crippen molar-refractivity contribution in [1.29, 1.82) is 0 Å². The van der Waals surface area contributed by atoms with Crippen molar-refractivity contribution in [3.63, 3.8) is 0 Å². The molecule has 1 aromatic heterocycles. The van der Waals surface area contributed by atoms with E-state index >= 15 is 0 Å². The van der Waals surface area contributed by atoms with Crippen LogP contribution in [0, 0.1) is 0 Å². The Labute approximate surface area is 157 Å². The fourth-order valence-electron chi connectivity index (χ4n) is 2.05. The minimum absolute atomic E-state index is 0.287. The van der Waals surface area contributed by atoms with Crippen LogP contribution in [0.25, 0.3) is 0 Å². The predicted molar refractivity (Wildman–Crippen MR) is 99.2 cm³/mol. The average molecular weight is 392 g/mol. The van der Waals surface area contributed by atoms with Gasteiger partial charge in [-0.15, -0.1) is 0 Å². The Kier molecular flexibility index (Phi) is 8.08. The van der Waals surface area contributed by atoms with Gasteiger partial charge in [0.1, 0.15) is 11.6 Å². The van der Waals surface area contributed by atoms with Crippen molar-refractivity contribution in [1.82, 2.24) is 15.1 Å². The summed E-state index contributed by atoms with van der Waals surface area (Å²) in [6, 6.07) is -0.990. The Morgan fingerprint density at radius 2 is 2.08 bits per heavy atom. The maximum atomic E-state index is 11.7. The van der Waals surface area contributed by atoms with Gasteiger partial charge in [-0.1, -0.05) is 18.5 Å². The molecule has 0 aliphatic heterocycles. The first kappa shape index (κ1) is 21.6. The van der Waals surface area contributed by atoms with Crippen LogP contribution in [-0.2, 0) is 28.8 Å². The van der Waals surface area contributed by atoms with E-state index in [4.69, 9.17) is 16.3 Å². The standard InChI is InChI=1S/C16H26ClN3O4S/c1-6-10-13(17)12(20(5)19-10)9-25-8-7-11(14(21)22)18-15(23)24-16(2,3)4/h11H,6-9H2,1-5H3,(H,18,23)(H,21,22). The van der Waals surface area contributed by atoms with Crippen LogP contribution in [0.15, 0.2) is 0 Å². The molecule has 142 valence electrons. The number of carboxylic acids is 1. The van der Waals surface area contributed by atoms with Crippen LogP contribution in [0.4, 0.5) is 4.79 Å². The van der Waals surface area contributed by atoms with E-state index in [2.05, 4.69) is 10.4 Å². The van der Waals surface area contributed by atoms with Gasteiger partial charge in [-0.3, -0.25) is 4.68 Å². The normalized spacial score (nSPS) is 12.7. The minimum Gasteiger partial charge on any atom is -0.480 e. The molecule has 1 rings (SSSR count). The van der Waals surface area contributed by atoms with Crippen molar-refractivity contribution in [3.8, 4) is 0 Å². The van der Waals surface area contributed by atoms with E-state index < -0.39 is 23.7 Å². The van der Waals surface area contributed by atoms with Gasteiger partial charge in [-0.25, -0.2) is 9.59 Å². The van der Waals surface area contributed by atoms with Gasteiger partial charge in [0.2, 0.25) is 0 Å². The highest BCUT2D eigenvalue weighted by atomic mass is 35.5. The fraction of sp³-hybridized carbons (Fsp3) is 0.688. The predicted octanol–water partition coefficient (Wildman–Crippen LogP) is 3.24. The molecule has 1 atom stereocenters. The Hall–Kier alpha value is -1.41. The number of nitrogens with zero attached hydrogens (tertiary/aromatic N) is 2. The molecular formula is C16H26ClN3O4S. The van der Waals surface area contributed by atoms with Crippen molar-refractivity contribution >= 4 is 35.4 Å². The van der Waals surface area contributed by atoms with Gasteiger partial charge in [0.25, 0.3) is 0 Å². The van der Waals surface area contributed by atoms with Crippen molar-refractivity contribution in [2.75, 3.05) is 5.75 Å². The van der Waals surface area contributed by atoms with Crippen LogP contribution >= 0.6 is 23.4 Å². The number of nitrogens with one attached hydrogen (secondary N) is 1.